The maximum Gasteiger partial charge on any atom is 0.404 e. The van der Waals surface area contributed by atoms with Gasteiger partial charge in [0.2, 0.25) is 0 Å². The number of nitrogens with two attached hydrogens (primary N) is 2. The number of carbonyl (C=O) groups is 2. The number of rotatable bonds is 5. The molecule has 0 heterocycles. The fraction of sp³-hybridized carbons (Fsp3) is 0.273. The van der Waals surface area contributed by atoms with E-state index in [1.807, 2.05) is 0 Å². The van der Waals surface area contributed by atoms with Crippen molar-refractivity contribution in [3.05, 3.63) is 35.6 Å². The molecule has 0 unspecified atom stereocenters. The lowest BCUT2D eigenvalue weighted by Gasteiger charge is -2.16. The number of benzene rings is 1. The van der Waals surface area contributed by atoms with Crippen molar-refractivity contribution in [2.24, 2.45) is 11.5 Å². The highest BCUT2D eigenvalue weighted by Gasteiger charge is 2.15. The van der Waals surface area contributed by atoms with Crippen LogP contribution in [0.25, 0.3) is 0 Å². The monoisotopic (exact) mass is 256 g/mol. The summed E-state index contributed by atoms with van der Waals surface area (Å²) >= 11 is 0. The molecule has 0 saturated heterocycles. The Morgan fingerprint density at radius 2 is 1.50 bits per heavy atom. The highest BCUT2D eigenvalue weighted by atomic mass is 19.1. The molecule has 0 saturated carbocycles. The van der Waals surface area contributed by atoms with E-state index in [0.29, 0.717) is 5.56 Å². The van der Waals surface area contributed by atoms with E-state index in [4.69, 9.17) is 11.5 Å². The standard InChI is InChI=1S/C11H13FN2O4/c12-9-3-1-7(2-4-9)8(5-17-10(13)15)6-18-11(14)16/h1-4,8H,5-6H2,(H2,13,15)(H2,14,16). The van der Waals surface area contributed by atoms with Crippen molar-refractivity contribution in [1.29, 1.82) is 0 Å². The van der Waals surface area contributed by atoms with Gasteiger partial charge in [0.15, 0.2) is 0 Å². The van der Waals surface area contributed by atoms with Crippen molar-refractivity contribution >= 4 is 12.2 Å². The molecule has 0 radical (unpaired) electrons. The Bertz CT molecular complexity index is 404. The van der Waals surface area contributed by atoms with E-state index in [2.05, 4.69) is 9.47 Å². The average Bonchev–Trinajstić information content (AvgIpc) is 2.30. The number of primary amides is 2. The van der Waals surface area contributed by atoms with Crippen LogP contribution < -0.4 is 11.5 Å². The number of halogens is 1. The predicted octanol–water partition coefficient (Wildman–Crippen LogP) is 1.10. The van der Waals surface area contributed by atoms with Gasteiger partial charge >= 0.3 is 12.2 Å². The van der Waals surface area contributed by atoms with E-state index in [9.17, 15) is 14.0 Å². The SMILES string of the molecule is NC(=O)OCC(COC(N)=O)c1ccc(F)cc1. The van der Waals surface area contributed by atoms with E-state index in [0.717, 1.165) is 0 Å². The van der Waals surface area contributed by atoms with E-state index >= 15 is 0 Å². The molecule has 4 N–H and O–H groups in total. The molecule has 1 aromatic carbocycles. The lowest BCUT2D eigenvalue weighted by molar-refractivity contribution is 0.116. The summed E-state index contributed by atoms with van der Waals surface area (Å²) in [6.45, 7) is -0.178. The summed E-state index contributed by atoms with van der Waals surface area (Å²) in [4.78, 5) is 21.1. The molecule has 18 heavy (non-hydrogen) atoms. The molecule has 0 aromatic heterocycles. The molecule has 1 rings (SSSR count). The predicted molar refractivity (Wildman–Crippen MR) is 60.2 cm³/mol. The van der Waals surface area contributed by atoms with Crippen molar-refractivity contribution in [3.8, 4) is 0 Å². The van der Waals surface area contributed by atoms with Crippen molar-refractivity contribution in [2.45, 2.75) is 5.92 Å². The van der Waals surface area contributed by atoms with E-state index in [1.165, 1.54) is 24.3 Å². The molecular formula is C11H13FN2O4. The van der Waals surface area contributed by atoms with Gasteiger partial charge in [-0.1, -0.05) is 12.1 Å². The summed E-state index contributed by atoms with van der Waals surface area (Å²) < 4.78 is 22.0. The molecule has 0 aliphatic heterocycles. The highest BCUT2D eigenvalue weighted by Crippen LogP contribution is 2.17. The molecule has 0 atom stereocenters. The number of hydrogen-bond donors (Lipinski definition) is 2. The van der Waals surface area contributed by atoms with E-state index in [1.54, 1.807) is 0 Å². The summed E-state index contributed by atoms with van der Waals surface area (Å²) in [7, 11) is 0. The Balaban J connectivity index is 2.71. The van der Waals surface area contributed by atoms with Gasteiger partial charge in [-0.05, 0) is 17.7 Å². The maximum atomic E-state index is 12.8. The Morgan fingerprint density at radius 1 is 1.06 bits per heavy atom. The number of hydrogen-bond acceptors (Lipinski definition) is 4. The molecule has 0 aliphatic rings. The molecule has 0 spiro atoms. The Hall–Kier alpha value is -2.31. The third-order valence-corrected chi connectivity index (χ3v) is 2.19. The zero-order valence-electron chi connectivity index (χ0n) is 9.47. The van der Waals surface area contributed by atoms with Crippen LogP contribution in [0.4, 0.5) is 14.0 Å². The van der Waals surface area contributed by atoms with Gasteiger partial charge in [0, 0.05) is 0 Å². The summed E-state index contributed by atoms with van der Waals surface area (Å²) in [6, 6.07) is 5.48. The summed E-state index contributed by atoms with van der Waals surface area (Å²) in [6.07, 6.45) is -1.89. The van der Waals surface area contributed by atoms with Crippen LogP contribution in [-0.2, 0) is 9.47 Å². The van der Waals surface area contributed by atoms with Gasteiger partial charge in [-0.15, -0.1) is 0 Å². The minimum absolute atomic E-state index is 0.0890. The van der Waals surface area contributed by atoms with Crippen molar-refractivity contribution < 1.29 is 23.5 Å². The summed E-state index contributed by atoms with van der Waals surface area (Å²) in [5.74, 6) is -0.852. The third kappa shape index (κ3) is 4.69. The van der Waals surface area contributed by atoms with E-state index in [-0.39, 0.29) is 13.2 Å². The lowest BCUT2D eigenvalue weighted by atomic mass is 10.0. The molecule has 98 valence electrons. The zero-order chi connectivity index (χ0) is 13.5. The molecule has 2 amide bonds. The van der Waals surface area contributed by atoms with Crippen molar-refractivity contribution in [2.75, 3.05) is 13.2 Å². The number of amides is 2. The minimum atomic E-state index is -0.943. The first-order chi connectivity index (χ1) is 8.49. The van der Waals surface area contributed by atoms with E-state index < -0.39 is 23.9 Å². The maximum absolute atomic E-state index is 12.8. The number of ether oxygens (including phenoxy) is 2. The van der Waals surface area contributed by atoms with Crippen LogP contribution in [0, 0.1) is 5.82 Å². The van der Waals surface area contributed by atoms with Crippen LogP contribution in [-0.4, -0.2) is 25.4 Å². The van der Waals surface area contributed by atoms with Crippen molar-refractivity contribution in [3.63, 3.8) is 0 Å². The number of carbonyl (C=O) groups excluding carboxylic acids is 2. The van der Waals surface area contributed by atoms with Crippen LogP contribution in [0.1, 0.15) is 11.5 Å². The smallest absolute Gasteiger partial charge is 0.404 e. The summed E-state index contributed by atoms with van der Waals surface area (Å²) in [5.41, 5.74) is 10.3. The van der Waals surface area contributed by atoms with Gasteiger partial charge in [-0.25, -0.2) is 14.0 Å². The van der Waals surface area contributed by atoms with Crippen molar-refractivity contribution in [1.82, 2.24) is 0 Å². The molecule has 6 nitrogen and oxygen atoms in total. The Morgan fingerprint density at radius 3 is 1.89 bits per heavy atom. The molecule has 0 fully saturated rings. The molecule has 1 aromatic rings. The second-order valence-electron chi connectivity index (χ2n) is 3.51. The van der Waals surface area contributed by atoms with Gasteiger partial charge in [0.05, 0.1) is 5.92 Å². The Kier molecular flexibility index (Phi) is 4.91. The third-order valence-electron chi connectivity index (χ3n) is 2.19. The second kappa shape index (κ2) is 6.43. The van der Waals surface area contributed by atoms with Crippen LogP contribution in [0.5, 0.6) is 0 Å². The Labute approximate surface area is 103 Å². The first-order valence-electron chi connectivity index (χ1n) is 5.09. The van der Waals surface area contributed by atoms with Gasteiger partial charge in [0.1, 0.15) is 19.0 Å². The molecule has 0 bridgehead atoms. The highest BCUT2D eigenvalue weighted by molar-refractivity contribution is 5.65. The van der Waals surface area contributed by atoms with Crippen LogP contribution in [0.15, 0.2) is 24.3 Å². The zero-order valence-corrected chi connectivity index (χ0v) is 9.47. The molecule has 0 aliphatic carbocycles. The first-order valence-corrected chi connectivity index (χ1v) is 5.09. The second-order valence-corrected chi connectivity index (χ2v) is 3.51. The molecular weight excluding hydrogens is 243 g/mol. The quantitative estimate of drug-likeness (QED) is 0.822. The van der Waals surface area contributed by atoms with Gasteiger partial charge in [-0.2, -0.15) is 0 Å². The topological polar surface area (TPSA) is 105 Å². The van der Waals surface area contributed by atoms with Gasteiger partial charge < -0.3 is 20.9 Å². The minimum Gasteiger partial charge on any atom is -0.449 e. The first kappa shape index (κ1) is 13.8. The fourth-order valence-electron chi connectivity index (χ4n) is 1.34. The largest absolute Gasteiger partial charge is 0.449 e. The fourth-order valence-corrected chi connectivity index (χ4v) is 1.34. The van der Waals surface area contributed by atoms with Crippen LogP contribution in [0.2, 0.25) is 0 Å². The normalized spacial score (nSPS) is 10.1. The van der Waals surface area contributed by atoms with Crippen LogP contribution >= 0.6 is 0 Å². The van der Waals surface area contributed by atoms with Gasteiger partial charge in [-0.3, -0.25) is 0 Å². The molecule has 7 heteroatoms. The van der Waals surface area contributed by atoms with Crippen LogP contribution in [0.3, 0.4) is 0 Å². The summed E-state index contributed by atoms with van der Waals surface area (Å²) in [5, 5.41) is 0. The van der Waals surface area contributed by atoms with Gasteiger partial charge in [0.25, 0.3) is 0 Å². The average molecular weight is 256 g/mol. The lowest BCUT2D eigenvalue weighted by Crippen LogP contribution is -2.23.